The molecule has 2 amide bonds. The second-order valence-corrected chi connectivity index (χ2v) is 9.09. The van der Waals surface area contributed by atoms with E-state index >= 15 is 0 Å². The van der Waals surface area contributed by atoms with Crippen molar-refractivity contribution in [3.8, 4) is 5.75 Å². The summed E-state index contributed by atoms with van der Waals surface area (Å²) >= 11 is 0. The Hall–Kier alpha value is -3.28. The third-order valence-electron chi connectivity index (χ3n) is 4.95. The number of methoxy groups -OCH3 is 1. The van der Waals surface area contributed by atoms with Gasteiger partial charge in [-0.3, -0.25) is 14.9 Å². The van der Waals surface area contributed by atoms with E-state index in [9.17, 15) is 22.8 Å². The van der Waals surface area contributed by atoms with Crippen LogP contribution in [0.2, 0.25) is 0 Å². The van der Waals surface area contributed by atoms with Crippen LogP contribution in [0, 0.1) is 6.92 Å². The Bertz CT molecular complexity index is 1140. The van der Waals surface area contributed by atoms with E-state index in [2.05, 4.69) is 5.32 Å². The van der Waals surface area contributed by atoms with E-state index in [1.165, 1.54) is 41.7 Å². The van der Waals surface area contributed by atoms with Crippen molar-refractivity contribution in [3.05, 3.63) is 59.2 Å². The van der Waals surface area contributed by atoms with Crippen molar-refractivity contribution in [2.24, 2.45) is 0 Å². The number of imide groups is 1. The average Bonchev–Trinajstić information content (AvgIpc) is 2.83. The third-order valence-corrected chi connectivity index (χ3v) is 6.99. The highest BCUT2D eigenvalue weighted by Crippen LogP contribution is 2.22. The maximum atomic E-state index is 13.0. The van der Waals surface area contributed by atoms with Crippen LogP contribution in [0.1, 0.15) is 26.3 Å². The minimum absolute atomic E-state index is 0.0158. The number of esters is 1. The molecular weight excluding hydrogens is 452 g/mol. The topological polar surface area (TPSA) is 128 Å². The first-order chi connectivity index (χ1) is 15.7. The van der Waals surface area contributed by atoms with Gasteiger partial charge in [0.2, 0.25) is 10.0 Å². The van der Waals surface area contributed by atoms with Crippen LogP contribution in [0.4, 0.5) is 0 Å². The molecule has 0 spiro atoms. The Morgan fingerprint density at radius 1 is 1.03 bits per heavy atom. The molecule has 0 atom stereocenters. The zero-order valence-electron chi connectivity index (χ0n) is 18.2. The summed E-state index contributed by atoms with van der Waals surface area (Å²) in [6.07, 6.45) is 0. The largest absolute Gasteiger partial charge is 0.497 e. The SMILES string of the molecule is COc1ccc(C(=O)NC(=O)COC(=O)c2ccc(C)c(S(=O)(=O)N3CCOCC3)c2)cc1. The third kappa shape index (κ3) is 5.95. The van der Waals surface area contributed by atoms with E-state index < -0.39 is 34.4 Å². The van der Waals surface area contributed by atoms with E-state index in [4.69, 9.17) is 14.2 Å². The maximum Gasteiger partial charge on any atom is 0.338 e. The normalized spacial score (nSPS) is 14.4. The Kier molecular flexibility index (Phi) is 7.79. The number of ether oxygens (including phenoxy) is 3. The van der Waals surface area contributed by atoms with Gasteiger partial charge in [-0.15, -0.1) is 0 Å². The first-order valence-corrected chi connectivity index (χ1v) is 11.5. The van der Waals surface area contributed by atoms with Gasteiger partial charge in [-0.25, -0.2) is 13.2 Å². The molecule has 1 fully saturated rings. The first kappa shape index (κ1) is 24.4. The van der Waals surface area contributed by atoms with Crippen molar-refractivity contribution in [2.45, 2.75) is 11.8 Å². The van der Waals surface area contributed by atoms with E-state index in [0.717, 1.165) is 0 Å². The minimum atomic E-state index is -3.82. The van der Waals surface area contributed by atoms with Gasteiger partial charge in [-0.05, 0) is 48.9 Å². The summed E-state index contributed by atoms with van der Waals surface area (Å²) in [4.78, 5) is 36.5. The van der Waals surface area contributed by atoms with E-state index in [-0.39, 0.29) is 29.1 Å². The molecule has 33 heavy (non-hydrogen) atoms. The highest BCUT2D eigenvalue weighted by atomic mass is 32.2. The van der Waals surface area contributed by atoms with Crippen LogP contribution in [-0.4, -0.2) is 70.5 Å². The molecule has 3 rings (SSSR count). The summed E-state index contributed by atoms with van der Waals surface area (Å²) < 4.78 is 42.4. The number of sulfonamides is 1. The van der Waals surface area contributed by atoms with Crippen LogP contribution in [0.3, 0.4) is 0 Å². The standard InChI is InChI=1S/C22H24N2O8S/c1-15-3-4-17(13-19(15)33(28,29)24-9-11-31-12-10-24)22(27)32-14-20(25)23-21(26)16-5-7-18(30-2)8-6-16/h3-8,13H,9-12,14H2,1-2H3,(H,23,25,26). The summed E-state index contributed by atoms with van der Waals surface area (Å²) in [5.74, 6) is -1.81. The lowest BCUT2D eigenvalue weighted by molar-refractivity contribution is -0.123. The minimum Gasteiger partial charge on any atom is -0.497 e. The van der Waals surface area contributed by atoms with Gasteiger partial charge in [0.25, 0.3) is 11.8 Å². The summed E-state index contributed by atoms with van der Waals surface area (Å²) in [6, 6.07) is 10.2. The number of nitrogens with zero attached hydrogens (tertiary/aromatic N) is 1. The molecule has 1 aliphatic heterocycles. The Morgan fingerprint density at radius 2 is 1.67 bits per heavy atom. The number of benzene rings is 2. The zero-order valence-corrected chi connectivity index (χ0v) is 19.0. The van der Waals surface area contributed by atoms with E-state index in [1.807, 2.05) is 0 Å². The molecule has 0 aromatic heterocycles. The number of hydrogen-bond donors (Lipinski definition) is 1. The molecule has 0 bridgehead atoms. The van der Waals surface area contributed by atoms with Crippen molar-refractivity contribution >= 4 is 27.8 Å². The Morgan fingerprint density at radius 3 is 2.30 bits per heavy atom. The van der Waals surface area contributed by atoms with Crippen molar-refractivity contribution in [1.82, 2.24) is 9.62 Å². The van der Waals surface area contributed by atoms with E-state index in [1.54, 1.807) is 19.1 Å². The quantitative estimate of drug-likeness (QED) is 0.589. The number of amides is 2. The van der Waals surface area contributed by atoms with Crippen LogP contribution < -0.4 is 10.1 Å². The molecule has 0 radical (unpaired) electrons. The first-order valence-electron chi connectivity index (χ1n) is 10.1. The molecule has 2 aromatic rings. The number of nitrogens with one attached hydrogen (secondary N) is 1. The number of aryl methyl sites for hydroxylation is 1. The van der Waals surface area contributed by atoms with E-state index in [0.29, 0.717) is 24.5 Å². The number of carbonyl (C=O) groups is 3. The Balaban J connectivity index is 1.62. The van der Waals surface area contributed by atoms with Gasteiger partial charge >= 0.3 is 5.97 Å². The molecule has 1 saturated heterocycles. The molecule has 0 saturated carbocycles. The molecule has 1 aliphatic rings. The Labute approximate surface area is 191 Å². The van der Waals surface area contributed by atoms with Crippen LogP contribution in [0.5, 0.6) is 5.75 Å². The smallest absolute Gasteiger partial charge is 0.338 e. The molecule has 1 heterocycles. The van der Waals surface area contributed by atoms with Crippen LogP contribution in [0.25, 0.3) is 0 Å². The van der Waals surface area contributed by atoms with Crippen LogP contribution in [0.15, 0.2) is 47.4 Å². The summed E-state index contributed by atoms with van der Waals surface area (Å²) in [7, 11) is -2.33. The molecule has 11 heteroatoms. The lowest BCUT2D eigenvalue weighted by Crippen LogP contribution is -2.40. The van der Waals surface area contributed by atoms with Gasteiger partial charge in [0.1, 0.15) is 5.75 Å². The molecule has 0 unspecified atom stereocenters. The zero-order chi connectivity index (χ0) is 24.0. The van der Waals surface area contributed by atoms with Gasteiger partial charge in [-0.2, -0.15) is 4.31 Å². The molecule has 0 aliphatic carbocycles. The van der Waals surface area contributed by atoms with Gasteiger partial charge in [-0.1, -0.05) is 6.07 Å². The van der Waals surface area contributed by atoms with Crippen molar-refractivity contribution < 1.29 is 37.0 Å². The highest BCUT2D eigenvalue weighted by Gasteiger charge is 2.28. The van der Waals surface area contributed by atoms with Crippen LogP contribution in [-0.2, 0) is 24.3 Å². The van der Waals surface area contributed by atoms with Crippen molar-refractivity contribution in [3.63, 3.8) is 0 Å². The fourth-order valence-corrected chi connectivity index (χ4v) is 4.78. The molecule has 1 N–H and O–H groups in total. The van der Waals surface area contributed by atoms with Gasteiger partial charge < -0.3 is 14.2 Å². The number of morpholine rings is 1. The summed E-state index contributed by atoms with van der Waals surface area (Å²) in [5, 5.41) is 2.12. The fraction of sp³-hybridized carbons (Fsp3) is 0.318. The fourth-order valence-electron chi connectivity index (χ4n) is 3.12. The van der Waals surface area contributed by atoms with Gasteiger partial charge in [0.05, 0.1) is 30.8 Å². The number of carbonyl (C=O) groups excluding carboxylic acids is 3. The molecular formula is C22H24N2O8S. The molecule has 176 valence electrons. The summed E-state index contributed by atoms with van der Waals surface area (Å²) in [5.41, 5.74) is 0.676. The lowest BCUT2D eigenvalue weighted by Gasteiger charge is -2.26. The lowest BCUT2D eigenvalue weighted by atomic mass is 10.1. The monoisotopic (exact) mass is 476 g/mol. The van der Waals surface area contributed by atoms with Gasteiger partial charge in [0.15, 0.2) is 6.61 Å². The second kappa shape index (κ2) is 10.6. The van der Waals surface area contributed by atoms with Crippen LogP contribution >= 0.6 is 0 Å². The maximum absolute atomic E-state index is 13.0. The molecule has 10 nitrogen and oxygen atoms in total. The predicted molar refractivity (Wildman–Crippen MR) is 117 cm³/mol. The number of hydrogen-bond acceptors (Lipinski definition) is 8. The van der Waals surface area contributed by atoms with Gasteiger partial charge in [0, 0.05) is 18.7 Å². The molecule has 2 aromatic carbocycles. The second-order valence-electron chi connectivity index (χ2n) is 7.18. The van der Waals surface area contributed by atoms with Crippen molar-refractivity contribution in [2.75, 3.05) is 40.0 Å². The highest BCUT2D eigenvalue weighted by molar-refractivity contribution is 7.89. The average molecular weight is 477 g/mol. The summed E-state index contributed by atoms with van der Waals surface area (Å²) in [6.45, 7) is 1.95. The predicted octanol–water partition coefficient (Wildman–Crippen LogP) is 1.14. The number of rotatable bonds is 7. The van der Waals surface area contributed by atoms with Crippen molar-refractivity contribution in [1.29, 1.82) is 0 Å².